The van der Waals surface area contributed by atoms with Gasteiger partial charge in [0.05, 0.1) is 0 Å². The summed E-state index contributed by atoms with van der Waals surface area (Å²) in [6.07, 6.45) is 8.12. The lowest BCUT2D eigenvalue weighted by Crippen LogP contribution is -2.22. The van der Waals surface area contributed by atoms with E-state index < -0.39 is 0 Å². The summed E-state index contributed by atoms with van der Waals surface area (Å²) in [5.41, 5.74) is 4.86. The zero-order valence-electron chi connectivity index (χ0n) is 16.1. The maximum absolute atomic E-state index is 5.84. The van der Waals surface area contributed by atoms with Gasteiger partial charge in [-0.25, -0.2) is 0 Å². The molecule has 0 bridgehead atoms. The number of aryl methyl sites for hydroxylation is 1. The van der Waals surface area contributed by atoms with Gasteiger partial charge in [0.1, 0.15) is 5.75 Å². The predicted molar refractivity (Wildman–Crippen MR) is 108 cm³/mol. The Morgan fingerprint density at radius 1 is 1.15 bits per heavy atom. The number of nitrogens with zero attached hydrogens (tertiary/aromatic N) is 1. The van der Waals surface area contributed by atoms with E-state index in [2.05, 4.69) is 73.5 Å². The fourth-order valence-electron chi connectivity index (χ4n) is 3.54. The smallest absolute Gasteiger partial charge is 0.188 e. The highest BCUT2D eigenvalue weighted by molar-refractivity contribution is 5.79. The SMILES string of the molecule is CCc1ccc(OCOC)c(-c2ccccc2C=CC2CCCN2C)c1. The van der Waals surface area contributed by atoms with Crippen molar-refractivity contribution in [1.82, 2.24) is 4.90 Å². The van der Waals surface area contributed by atoms with Crippen LogP contribution in [0.25, 0.3) is 17.2 Å². The summed E-state index contributed by atoms with van der Waals surface area (Å²) in [5.74, 6) is 0.864. The number of benzene rings is 2. The van der Waals surface area contributed by atoms with E-state index in [-0.39, 0.29) is 6.79 Å². The van der Waals surface area contributed by atoms with Crippen LogP contribution in [0.2, 0.25) is 0 Å². The van der Waals surface area contributed by atoms with Crippen LogP contribution in [0.3, 0.4) is 0 Å². The van der Waals surface area contributed by atoms with E-state index in [1.165, 1.54) is 36.1 Å². The van der Waals surface area contributed by atoms with Crippen LogP contribution < -0.4 is 4.74 Å². The van der Waals surface area contributed by atoms with Gasteiger partial charge in [-0.2, -0.15) is 0 Å². The molecule has 1 heterocycles. The molecule has 1 fully saturated rings. The molecule has 138 valence electrons. The van der Waals surface area contributed by atoms with E-state index in [0.717, 1.165) is 17.7 Å². The quantitative estimate of drug-likeness (QED) is 0.655. The number of likely N-dealkylation sites (N-methyl/N-ethyl adjacent to an activating group) is 1. The van der Waals surface area contributed by atoms with Gasteiger partial charge < -0.3 is 9.47 Å². The maximum Gasteiger partial charge on any atom is 0.188 e. The van der Waals surface area contributed by atoms with Crippen molar-refractivity contribution in [3.05, 3.63) is 59.7 Å². The van der Waals surface area contributed by atoms with Crippen LogP contribution in [0.5, 0.6) is 5.75 Å². The van der Waals surface area contributed by atoms with Gasteiger partial charge in [0, 0.05) is 18.7 Å². The number of hydrogen-bond acceptors (Lipinski definition) is 3. The Bertz CT molecular complexity index is 754. The fourth-order valence-corrected chi connectivity index (χ4v) is 3.54. The first kappa shape index (κ1) is 18.7. The zero-order chi connectivity index (χ0) is 18.4. The summed E-state index contributed by atoms with van der Waals surface area (Å²) in [6, 6.07) is 15.5. The Balaban J connectivity index is 1.97. The van der Waals surface area contributed by atoms with E-state index in [1.807, 2.05) is 0 Å². The third-order valence-electron chi connectivity index (χ3n) is 5.11. The third-order valence-corrected chi connectivity index (χ3v) is 5.11. The minimum absolute atomic E-state index is 0.253. The summed E-state index contributed by atoms with van der Waals surface area (Å²) in [4.78, 5) is 2.42. The van der Waals surface area contributed by atoms with Crippen molar-refractivity contribution in [2.24, 2.45) is 0 Å². The van der Waals surface area contributed by atoms with E-state index in [9.17, 15) is 0 Å². The van der Waals surface area contributed by atoms with Crippen molar-refractivity contribution >= 4 is 6.08 Å². The summed E-state index contributed by atoms with van der Waals surface area (Å²) < 4.78 is 10.9. The van der Waals surface area contributed by atoms with Gasteiger partial charge in [-0.3, -0.25) is 4.90 Å². The number of ether oxygens (including phenoxy) is 2. The number of hydrogen-bond donors (Lipinski definition) is 0. The molecule has 1 unspecified atom stereocenters. The van der Waals surface area contributed by atoms with Gasteiger partial charge in [0.2, 0.25) is 0 Å². The number of rotatable bonds is 7. The van der Waals surface area contributed by atoms with E-state index in [0.29, 0.717) is 6.04 Å². The van der Waals surface area contributed by atoms with Crippen molar-refractivity contribution in [3.8, 4) is 16.9 Å². The third kappa shape index (κ3) is 4.35. The van der Waals surface area contributed by atoms with Gasteiger partial charge in [-0.1, -0.05) is 49.4 Å². The molecule has 1 atom stereocenters. The molecule has 26 heavy (non-hydrogen) atoms. The van der Waals surface area contributed by atoms with Gasteiger partial charge in [0.25, 0.3) is 0 Å². The van der Waals surface area contributed by atoms with E-state index in [4.69, 9.17) is 9.47 Å². The highest BCUT2D eigenvalue weighted by Crippen LogP contribution is 2.34. The molecule has 0 aliphatic carbocycles. The monoisotopic (exact) mass is 351 g/mol. The Kier molecular flexibility index (Phi) is 6.48. The van der Waals surface area contributed by atoms with Crippen LogP contribution >= 0.6 is 0 Å². The van der Waals surface area contributed by atoms with Gasteiger partial charge in [0.15, 0.2) is 6.79 Å². The zero-order valence-corrected chi connectivity index (χ0v) is 16.1. The molecule has 0 amide bonds. The van der Waals surface area contributed by atoms with Crippen LogP contribution in [0.15, 0.2) is 48.5 Å². The van der Waals surface area contributed by atoms with Crippen LogP contribution in [0, 0.1) is 0 Å². The first-order chi connectivity index (χ1) is 12.7. The van der Waals surface area contributed by atoms with Crippen molar-refractivity contribution in [3.63, 3.8) is 0 Å². The largest absolute Gasteiger partial charge is 0.467 e. The second-order valence-electron chi connectivity index (χ2n) is 6.87. The fraction of sp³-hybridized carbons (Fsp3) is 0.391. The van der Waals surface area contributed by atoms with Crippen molar-refractivity contribution in [2.45, 2.75) is 32.2 Å². The van der Waals surface area contributed by atoms with Gasteiger partial charge in [-0.05, 0) is 61.7 Å². The molecular formula is C23H29NO2. The van der Waals surface area contributed by atoms with Crippen molar-refractivity contribution < 1.29 is 9.47 Å². The molecule has 1 aliphatic heterocycles. The second-order valence-corrected chi connectivity index (χ2v) is 6.87. The minimum Gasteiger partial charge on any atom is -0.467 e. The average Bonchev–Trinajstić information content (AvgIpc) is 3.09. The van der Waals surface area contributed by atoms with E-state index >= 15 is 0 Å². The van der Waals surface area contributed by atoms with Crippen molar-refractivity contribution in [1.29, 1.82) is 0 Å². The molecule has 0 N–H and O–H groups in total. The van der Waals surface area contributed by atoms with Gasteiger partial charge >= 0.3 is 0 Å². The van der Waals surface area contributed by atoms with Crippen LogP contribution in [0.4, 0.5) is 0 Å². The molecule has 3 nitrogen and oxygen atoms in total. The normalized spacial score (nSPS) is 17.9. The maximum atomic E-state index is 5.84. The molecule has 1 aliphatic rings. The molecular weight excluding hydrogens is 322 g/mol. The summed E-state index contributed by atoms with van der Waals surface area (Å²) in [7, 11) is 3.85. The lowest BCUT2D eigenvalue weighted by atomic mass is 9.96. The molecule has 2 aromatic carbocycles. The predicted octanol–water partition coefficient (Wildman–Crippen LogP) is 5.01. The Hall–Kier alpha value is -2.10. The molecule has 0 spiro atoms. The molecule has 3 rings (SSSR count). The highest BCUT2D eigenvalue weighted by Gasteiger charge is 2.18. The molecule has 1 saturated heterocycles. The average molecular weight is 351 g/mol. The van der Waals surface area contributed by atoms with E-state index in [1.54, 1.807) is 7.11 Å². The van der Waals surface area contributed by atoms with Crippen LogP contribution in [-0.2, 0) is 11.2 Å². The molecule has 3 heteroatoms. The van der Waals surface area contributed by atoms with Crippen molar-refractivity contribution in [2.75, 3.05) is 27.5 Å². The molecule has 0 aromatic heterocycles. The molecule has 0 radical (unpaired) electrons. The number of methoxy groups -OCH3 is 1. The highest BCUT2D eigenvalue weighted by atomic mass is 16.7. The Morgan fingerprint density at radius 3 is 2.73 bits per heavy atom. The lowest BCUT2D eigenvalue weighted by Gasteiger charge is -2.16. The second kappa shape index (κ2) is 9.02. The molecule has 2 aromatic rings. The Labute approximate surface area is 157 Å². The lowest BCUT2D eigenvalue weighted by molar-refractivity contribution is 0.0515. The summed E-state index contributed by atoms with van der Waals surface area (Å²) >= 11 is 0. The minimum atomic E-state index is 0.253. The standard InChI is InChI=1S/C23H29NO2/c1-4-18-11-14-23(26-17-25-3)22(16-18)21-10-6-5-8-19(21)12-13-20-9-7-15-24(20)2/h5-6,8,10-14,16,20H,4,7,9,15,17H2,1-3H3. The first-order valence-corrected chi connectivity index (χ1v) is 9.45. The first-order valence-electron chi connectivity index (χ1n) is 9.45. The Morgan fingerprint density at radius 2 is 2.00 bits per heavy atom. The van der Waals surface area contributed by atoms with Crippen LogP contribution in [-0.4, -0.2) is 38.4 Å². The van der Waals surface area contributed by atoms with Gasteiger partial charge in [-0.15, -0.1) is 0 Å². The summed E-state index contributed by atoms with van der Waals surface area (Å²) in [6.45, 7) is 3.62. The summed E-state index contributed by atoms with van der Waals surface area (Å²) in [5, 5.41) is 0. The van der Waals surface area contributed by atoms with Crippen LogP contribution in [0.1, 0.15) is 30.9 Å². The number of likely N-dealkylation sites (tertiary alicyclic amines) is 1. The molecule has 0 saturated carbocycles. The topological polar surface area (TPSA) is 21.7 Å².